The van der Waals surface area contributed by atoms with Gasteiger partial charge in [-0.1, -0.05) is 69.3 Å². The molecule has 0 aliphatic rings. The van der Waals surface area contributed by atoms with E-state index in [1.165, 1.54) is 5.56 Å². The SMILES string of the molecule is CC(C)(C)c1ccc(/C=C/c2nc3cc(-c4cccc(C(N)=O)c4)ccc3[nH]2)cc1. The number of hydrogen-bond donors (Lipinski definition) is 2. The second-order valence-electron chi connectivity index (χ2n) is 8.50. The molecule has 1 aromatic heterocycles. The molecule has 0 unspecified atom stereocenters. The molecule has 4 aromatic rings. The molecule has 150 valence electrons. The lowest BCUT2D eigenvalue weighted by molar-refractivity contribution is 0.100. The summed E-state index contributed by atoms with van der Waals surface area (Å²) < 4.78 is 0. The van der Waals surface area contributed by atoms with Gasteiger partial charge in [0.1, 0.15) is 5.82 Å². The summed E-state index contributed by atoms with van der Waals surface area (Å²) in [6, 6.07) is 22.0. The van der Waals surface area contributed by atoms with E-state index in [1.54, 1.807) is 12.1 Å². The number of aromatic amines is 1. The van der Waals surface area contributed by atoms with Crippen molar-refractivity contribution in [1.29, 1.82) is 0 Å². The highest BCUT2D eigenvalue weighted by Gasteiger charge is 2.12. The first-order valence-corrected chi connectivity index (χ1v) is 9.98. The Labute approximate surface area is 176 Å². The fraction of sp³-hybridized carbons (Fsp3) is 0.154. The molecule has 4 heteroatoms. The van der Waals surface area contributed by atoms with Crippen LogP contribution in [0.1, 0.15) is 48.1 Å². The predicted molar refractivity (Wildman–Crippen MR) is 124 cm³/mol. The molecule has 4 nitrogen and oxygen atoms in total. The Morgan fingerprint density at radius 2 is 1.67 bits per heavy atom. The molecule has 0 saturated heterocycles. The third-order valence-electron chi connectivity index (χ3n) is 5.19. The summed E-state index contributed by atoms with van der Waals surface area (Å²) >= 11 is 0. The maximum Gasteiger partial charge on any atom is 0.248 e. The summed E-state index contributed by atoms with van der Waals surface area (Å²) in [5.74, 6) is 0.369. The van der Waals surface area contributed by atoms with Crippen molar-refractivity contribution < 1.29 is 4.79 Å². The molecule has 1 amide bonds. The van der Waals surface area contributed by atoms with Gasteiger partial charge < -0.3 is 10.7 Å². The van der Waals surface area contributed by atoms with Gasteiger partial charge in [0.15, 0.2) is 0 Å². The number of aromatic nitrogens is 2. The minimum absolute atomic E-state index is 0.148. The summed E-state index contributed by atoms with van der Waals surface area (Å²) in [5, 5.41) is 0. The van der Waals surface area contributed by atoms with Crippen LogP contribution in [-0.2, 0) is 5.41 Å². The number of carbonyl (C=O) groups excluding carboxylic acids is 1. The minimum Gasteiger partial charge on any atom is -0.366 e. The van der Waals surface area contributed by atoms with Crippen molar-refractivity contribution in [2.45, 2.75) is 26.2 Å². The first-order valence-electron chi connectivity index (χ1n) is 9.98. The van der Waals surface area contributed by atoms with Gasteiger partial charge in [-0.2, -0.15) is 0 Å². The van der Waals surface area contributed by atoms with Crippen molar-refractivity contribution in [2.24, 2.45) is 5.73 Å². The first kappa shape index (κ1) is 19.6. The molecule has 0 spiro atoms. The van der Waals surface area contributed by atoms with E-state index in [0.717, 1.165) is 33.5 Å². The van der Waals surface area contributed by atoms with E-state index in [4.69, 9.17) is 10.7 Å². The van der Waals surface area contributed by atoms with Gasteiger partial charge in [0.05, 0.1) is 11.0 Å². The number of fused-ring (bicyclic) bond motifs is 1. The number of H-pyrrole nitrogens is 1. The van der Waals surface area contributed by atoms with Crippen molar-refractivity contribution in [3.05, 3.63) is 89.2 Å². The number of nitrogens with two attached hydrogens (primary N) is 1. The number of carbonyl (C=O) groups is 1. The highest BCUT2D eigenvalue weighted by atomic mass is 16.1. The van der Waals surface area contributed by atoms with E-state index in [-0.39, 0.29) is 5.41 Å². The molecule has 0 aliphatic heterocycles. The number of benzene rings is 3. The van der Waals surface area contributed by atoms with Gasteiger partial charge in [-0.15, -0.1) is 0 Å². The zero-order valence-corrected chi connectivity index (χ0v) is 17.4. The maximum atomic E-state index is 11.5. The number of nitrogens with one attached hydrogen (secondary N) is 1. The van der Waals surface area contributed by atoms with Crippen LogP contribution in [0.4, 0.5) is 0 Å². The van der Waals surface area contributed by atoms with Crippen molar-refractivity contribution in [2.75, 3.05) is 0 Å². The molecule has 0 atom stereocenters. The van der Waals surface area contributed by atoms with Crippen LogP contribution in [0.5, 0.6) is 0 Å². The van der Waals surface area contributed by atoms with Gasteiger partial charge in [0, 0.05) is 5.56 Å². The highest BCUT2D eigenvalue weighted by Crippen LogP contribution is 2.25. The second-order valence-corrected chi connectivity index (χ2v) is 8.50. The molecule has 0 aliphatic carbocycles. The number of rotatable bonds is 4. The predicted octanol–water partition coefficient (Wildman–Crippen LogP) is 5.80. The summed E-state index contributed by atoms with van der Waals surface area (Å²) in [6.45, 7) is 6.64. The van der Waals surface area contributed by atoms with Crippen LogP contribution in [0.3, 0.4) is 0 Å². The maximum absolute atomic E-state index is 11.5. The lowest BCUT2D eigenvalue weighted by Crippen LogP contribution is -2.10. The number of imidazole rings is 1. The van der Waals surface area contributed by atoms with Gasteiger partial charge >= 0.3 is 0 Å². The second kappa shape index (κ2) is 7.64. The Morgan fingerprint density at radius 3 is 2.37 bits per heavy atom. The molecule has 0 fully saturated rings. The van der Waals surface area contributed by atoms with E-state index in [1.807, 2.05) is 36.4 Å². The van der Waals surface area contributed by atoms with E-state index in [2.05, 4.69) is 56.1 Å². The average Bonchev–Trinajstić information content (AvgIpc) is 3.14. The molecule has 4 rings (SSSR count). The molecule has 1 heterocycles. The lowest BCUT2D eigenvalue weighted by Gasteiger charge is -2.18. The number of amides is 1. The summed E-state index contributed by atoms with van der Waals surface area (Å²) in [5.41, 5.74) is 12.3. The van der Waals surface area contributed by atoms with Crippen molar-refractivity contribution >= 4 is 29.1 Å². The van der Waals surface area contributed by atoms with Crippen LogP contribution in [-0.4, -0.2) is 15.9 Å². The van der Waals surface area contributed by atoms with E-state index in [9.17, 15) is 4.79 Å². The van der Waals surface area contributed by atoms with Crippen LogP contribution in [0, 0.1) is 0 Å². The molecule has 0 radical (unpaired) electrons. The third kappa shape index (κ3) is 4.18. The molecule has 3 aromatic carbocycles. The summed E-state index contributed by atoms with van der Waals surface area (Å²) in [6.07, 6.45) is 4.04. The zero-order valence-electron chi connectivity index (χ0n) is 17.4. The fourth-order valence-electron chi connectivity index (χ4n) is 3.41. The molecular weight excluding hydrogens is 370 g/mol. The average molecular weight is 396 g/mol. The van der Waals surface area contributed by atoms with Crippen molar-refractivity contribution in [1.82, 2.24) is 9.97 Å². The first-order chi connectivity index (χ1) is 14.3. The van der Waals surface area contributed by atoms with Crippen LogP contribution in [0.15, 0.2) is 66.7 Å². The highest BCUT2D eigenvalue weighted by molar-refractivity contribution is 5.94. The van der Waals surface area contributed by atoms with Crippen molar-refractivity contribution in [3.63, 3.8) is 0 Å². The number of primary amides is 1. The standard InChI is InChI=1S/C26H25N3O/c1-26(2,3)21-11-7-17(8-12-21)9-14-24-28-22-13-10-19(16-23(22)29-24)18-5-4-6-20(15-18)25(27)30/h4-16H,1-3H3,(H2,27,30)(H,28,29)/b14-9+. The van der Waals surface area contributed by atoms with Gasteiger partial charge in [-0.05, 0) is 58.0 Å². The third-order valence-corrected chi connectivity index (χ3v) is 5.19. The largest absolute Gasteiger partial charge is 0.366 e. The van der Waals surface area contributed by atoms with Crippen molar-refractivity contribution in [3.8, 4) is 11.1 Å². The van der Waals surface area contributed by atoms with Crippen LogP contribution in [0.2, 0.25) is 0 Å². The summed E-state index contributed by atoms with van der Waals surface area (Å²) in [4.78, 5) is 19.5. The Hall–Kier alpha value is -3.66. The fourth-order valence-corrected chi connectivity index (χ4v) is 3.41. The molecule has 30 heavy (non-hydrogen) atoms. The Morgan fingerprint density at radius 1 is 0.933 bits per heavy atom. The zero-order chi connectivity index (χ0) is 21.3. The van der Waals surface area contributed by atoms with Crippen LogP contribution < -0.4 is 5.73 Å². The van der Waals surface area contributed by atoms with E-state index in [0.29, 0.717) is 5.56 Å². The molecular formula is C26H25N3O. The Bertz CT molecular complexity index is 1240. The number of hydrogen-bond acceptors (Lipinski definition) is 2. The van der Waals surface area contributed by atoms with Gasteiger partial charge in [-0.25, -0.2) is 4.98 Å². The van der Waals surface area contributed by atoms with Crippen LogP contribution in [0.25, 0.3) is 34.3 Å². The monoisotopic (exact) mass is 395 g/mol. The molecule has 0 bridgehead atoms. The smallest absolute Gasteiger partial charge is 0.248 e. The van der Waals surface area contributed by atoms with Gasteiger partial charge in [-0.3, -0.25) is 4.79 Å². The molecule has 3 N–H and O–H groups in total. The Kier molecular flexibility index (Phi) is 5.00. The normalized spacial score (nSPS) is 12.0. The van der Waals surface area contributed by atoms with Gasteiger partial charge in [0.2, 0.25) is 5.91 Å². The topological polar surface area (TPSA) is 71.8 Å². The van der Waals surface area contributed by atoms with E-state index >= 15 is 0 Å². The van der Waals surface area contributed by atoms with Crippen LogP contribution >= 0.6 is 0 Å². The molecule has 0 saturated carbocycles. The Balaban J connectivity index is 1.59. The minimum atomic E-state index is -0.430. The quantitative estimate of drug-likeness (QED) is 0.458. The van der Waals surface area contributed by atoms with E-state index < -0.39 is 5.91 Å². The lowest BCUT2D eigenvalue weighted by atomic mass is 9.87. The summed E-state index contributed by atoms with van der Waals surface area (Å²) in [7, 11) is 0. The number of nitrogens with zero attached hydrogens (tertiary/aromatic N) is 1. The van der Waals surface area contributed by atoms with Gasteiger partial charge in [0.25, 0.3) is 0 Å².